The summed E-state index contributed by atoms with van der Waals surface area (Å²) in [5.74, 6) is 0.478. The standard InChI is InChI=1S/C20H15FN8O.C14H13ClN6O.C12H14BFN2O2/c21-14-7-12(9-25-16(14)8-22)15-1-2-17-19(26-15)29(13-3-6-28(17)11-13)20(30)27-18-10-23-4-5-24-18;15-11-2-1-10-13(18-11)21(9-3-6-20(10)8-9)14(22)19-12-7-16-4-5-17-12;1-11(2)12(3,4)18-13(17-11)8-5-9(14)10(6-15)16-7-8/h1-2,4-5,7,9-10,13H,3,6,11H2,(H,24,27,30);1-2,4-5,7,9H,3,6,8H2,(H,17,19,22);5,7H,1-4H3/t13-;9-;/m00./s1. The lowest BCUT2D eigenvalue weighted by atomic mass is 9.80. The van der Waals surface area contributed by atoms with Crippen molar-refractivity contribution in [3.05, 3.63) is 114 Å². The fraction of sp³-hybridized carbons (Fsp3) is 0.304. The third-order valence-electron chi connectivity index (χ3n) is 12.6. The number of anilines is 6. The van der Waals surface area contributed by atoms with Crippen molar-refractivity contribution in [3.8, 4) is 23.4 Å². The highest BCUT2D eigenvalue weighted by molar-refractivity contribution is 6.62. The van der Waals surface area contributed by atoms with Gasteiger partial charge in [0.15, 0.2) is 46.3 Å². The Balaban J connectivity index is 0.000000135. The largest absolute Gasteiger partial charge is 0.496 e. The van der Waals surface area contributed by atoms with Gasteiger partial charge in [0, 0.05) is 74.4 Å². The van der Waals surface area contributed by atoms with Crippen molar-refractivity contribution in [3.63, 3.8) is 0 Å². The molecule has 5 aliphatic heterocycles. The first kappa shape index (κ1) is 47.1. The molecule has 0 unspecified atom stereocenters. The smallest absolute Gasteiger partial charge is 0.399 e. The van der Waals surface area contributed by atoms with E-state index in [0.29, 0.717) is 45.1 Å². The van der Waals surface area contributed by atoms with Crippen molar-refractivity contribution in [1.82, 2.24) is 39.9 Å². The number of urea groups is 2. The predicted octanol–water partition coefficient (Wildman–Crippen LogP) is 6.12. The summed E-state index contributed by atoms with van der Waals surface area (Å²) in [5.41, 5.74) is 1.67. The van der Waals surface area contributed by atoms with E-state index in [1.54, 1.807) is 40.3 Å². The second-order valence-electron chi connectivity index (χ2n) is 17.5. The number of amides is 4. The molecule has 3 fully saturated rings. The minimum absolute atomic E-state index is 0.0345. The minimum Gasteiger partial charge on any atom is -0.399 e. The molecule has 11 rings (SSSR count). The molecule has 70 heavy (non-hydrogen) atoms. The fourth-order valence-electron chi connectivity index (χ4n) is 8.45. The molecule has 6 aromatic heterocycles. The number of pyridine rings is 4. The van der Waals surface area contributed by atoms with Gasteiger partial charge in [0.05, 0.1) is 52.7 Å². The number of halogens is 3. The normalized spacial score (nSPS) is 18.5. The van der Waals surface area contributed by atoms with Crippen LogP contribution in [0.25, 0.3) is 11.3 Å². The van der Waals surface area contributed by atoms with Crippen LogP contribution in [0.2, 0.25) is 5.15 Å². The zero-order valence-corrected chi connectivity index (χ0v) is 38.8. The van der Waals surface area contributed by atoms with Gasteiger partial charge in [-0.15, -0.1) is 0 Å². The molecular weight excluding hydrogens is 925 g/mol. The fourth-order valence-corrected chi connectivity index (χ4v) is 8.59. The monoisotopic (exact) mass is 966 g/mol. The van der Waals surface area contributed by atoms with Gasteiger partial charge in [0.2, 0.25) is 0 Å². The Kier molecular flexibility index (Phi) is 12.9. The van der Waals surface area contributed by atoms with Crippen LogP contribution in [-0.4, -0.2) is 109 Å². The third kappa shape index (κ3) is 9.41. The molecule has 4 amide bonds. The molecule has 2 atom stereocenters. The van der Waals surface area contributed by atoms with E-state index in [4.69, 9.17) is 31.4 Å². The topological polar surface area (TPSA) is 240 Å². The number of hydrogen-bond acceptors (Lipinski definition) is 16. The summed E-state index contributed by atoms with van der Waals surface area (Å²) in [6.45, 7) is 10.9. The van der Waals surface area contributed by atoms with Gasteiger partial charge in [-0.05, 0) is 76.9 Å². The zero-order chi connectivity index (χ0) is 49.3. The van der Waals surface area contributed by atoms with Crippen molar-refractivity contribution >= 4 is 70.9 Å². The van der Waals surface area contributed by atoms with Crippen LogP contribution in [0.3, 0.4) is 0 Å². The lowest BCUT2D eigenvalue weighted by Crippen LogP contribution is -2.48. The number of carbonyl (C=O) groups excluding carboxylic acids is 2. The molecule has 0 aromatic carbocycles. The van der Waals surface area contributed by atoms with Gasteiger partial charge >= 0.3 is 19.2 Å². The van der Waals surface area contributed by atoms with Gasteiger partial charge in [-0.2, -0.15) is 10.5 Å². The van der Waals surface area contributed by atoms with Gasteiger partial charge in [-0.1, -0.05) is 11.6 Å². The molecule has 0 radical (unpaired) electrons. The molecular formula is C46H42BClF2N16O4. The molecule has 11 heterocycles. The summed E-state index contributed by atoms with van der Waals surface area (Å²) in [6.07, 6.45) is 13.6. The molecule has 5 aliphatic rings. The maximum Gasteiger partial charge on any atom is 0.496 e. The lowest BCUT2D eigenvalue weighted by Gasteiger charge is -2.35. The van der Waals surface area contributed by atoms with Crippen molar-refractivity contribution < 1.29 is 27.7 Å². The molecule has 24 heteroatoms. The predicted molar refractivity (Wildman–Crippen MR) is 254 cm³/mol. The van der Waals surface area contributed by atoms with Crippen LogP contribution in [-0.2, 0) is 9.31 Å². The first-order chi connectivity index (χ1) is 33.6. The molecule has 4 bridgehead atoms. The van der Waals surface area contributed by atoms with Gasteiger partial charge < -0.3 is 19.1 Å². The summed E-state index contributed by atoms with van der Waals surface area (Å²) in [7, 11) is -0.662. The molecule has 0 saturated carbocycles. The number of aromatic nitrogens is 8. The Morgan fingerprint density at radius 1 is 0.714 bits per heavy atom. The number of rotatable bonds is 4. The first-order valence-electron chi connectivity index (χ1n) is 22.0. The molecule has 0 spiro atoms. The van der Waals surface area contributed by atoms with Crippen molar-refractivity contribution in [2.75, 3.05) is 56.4 Å². The highest BCUT2D eigenvalue weighted by Gasteiger charge is 2.52. The summed E-state index contributed by atoms with van der Waals surface area (Å²) < 4.78 is 39.1. The SMILES string of the molecule is CC1(C)OB(c2cnc(C#N)c(F)c2)OC1(C)C.N#Cc1ncc(-c2ccc3c(n2)N(C(=O)Nc2cnccn2)[C@H]2CCN3C2)cc1F.O=C(Nc1cnccn1)N1c2nc(Cl)ccc2N2CC[C@H]1C2. The molecule has 20 nitrogen and oxygen atoms in total. The lowest BCUT2D eigenvalue weighted by molar-refractivity contribution is 0.00578. The average Bonchev–Trinajstić information content (AvgIpc) is 4.03. The maximum absolute atomic E-state index is 14.0. The van der Waals surface area contributed by atoms with Crippen LogP contribution in [0.5, 0.6) is 0 Å². The Labute approximate surface area is 405 Å². The average molecular weight is 967 g/mol. The van der Waals surface area contributed by atoms with E-state index < -0.39 is 30.0 Å². The Bertz CT molecular complexity index is 3040. The second-order valence-corrected chi connectivity index (χ2v) is 17.9. The number of fused-ring (bicyclic) bond motifs is 8. The van der Waals surface area contributed by atoms with Gasteiger partial charge in [0.25, 0.3) is 0 Å². The Hall–Kier alpha value is -7.99. The summed E-state index contributed by atoms with van der Waals surface area (Å²) in [4.78, 5) is 66.2. The highest BCUT2D eigenvalue weighted by atomic mass is 35.5. The van der Waals surface area contributed by atoms with E-state index in [1.165, 1.54) is 55.5 Å². The van der Waals surface area contributed by atoms with Crippen molar-refractivity contribution in [2.24, 2.45) is 0 Å². The van der Waals surface area contributed by atoms with Gasteiger partial charge in [0.1, 0.15) is 17.3 Å². The quantitative estimate of drug-likeness (QED) is 0.149. The number of nitrogens with one attached hydrogen (secondary N) is 2. The molecule has 3 saturated heterocycles. The Morgan fingerprint density at radius 3 is 1.73 bits per heavy atom. The van der Waals surface area contributed by atoms with Crippen LogP contribution >= 0.6 is 11.6 Å². The number of carbonyl (C=O) groups is 2. The van der Waals surface area contributed by atoms with Crippen LogP contribution < -0.4 is 35.7 Å². The summed E-state index contributed by atoms with van der Waals surface area (Å²) >= 11 is 6.01. The number of hydrogen-bond donors (Lipinski definition) is 2. The summed E-state index contributed by atoms with van der Waals surface area (Å²) in [5, 5.41) is 23.4. The summed E-state index contributed by atoms with van der Waals surface area (Å²) in [6, 6.07) is 12.6. The molecule has 0 aliphatic carbocycles. The zero-order valence-electron chi connectivity index (χ0n) is 38.1. The molecule has 354 valence electrons. The number of nitrogens with zero attached hydrogens (tertiary/aromatic N) is 14. The molecule has 6 aromatic rings. The van der Waals surface area contributed by atoms with Gasteiger partial charge in [-0.25, -0.2) is 48.3 Å². The Morgan fingerprint density at radius 2 is 1.23 bits per heavy atom. The van der Waals surface area contributed by atoms with E-state index in [2.05, 4.69) is 60.3 Å². The highest BCUT2D eigenvalue weighted by Crippen LogP contribution is 2.42. The van der Waals surface area contributed by atoms with Crippen LogP contribution in [0.4, 0.5) is 53.0 Å². The van der Waals surface area contributed by atoms with E-state index in [0.717, 1.165) is 50.4 Å². The van der Waals surface area contributed by atoms with Crippen LogP contribution in [0.15, 0.2) is 86.0 Å². The molecule has 2 N–H and O–H groups in total. The number of nitriles is 2. The van der Waals surface area contributed by atoms with E-state index >= 15 is 0 Å². The van der Waals surface area contributed by atoms with Crippen molar-refractivity contribution in [1.29, 1.82) is 10.5 Å². The minimum atomic E-state index is -0.712. The van der Waals surface area contributed by atoms with Crippen LogP contribution in [0, 0.1) is 34.3 Å². The van der Waals surface area contributed by atoms with E-state index in [9.17, 15) is 18.4 Å². The van der Waals surface area contributed by atoms with E-state index in [-0.39, 0.29) is 35.5 Å². The van der Waals surface area contributed by atoms with E-state index in [1.807, 2.05) is 39.8 Å². The second kappa shape index (κ2) is 19.2. The van der Waals surface area contributed by atoms with Crippen molar-refractivity contribution in [2.45, 2.75) is 63.8 Å². The van der Waals surface area contributed by atoms with Crippen LogP contribution in [0.1, 0.15) is 51.9 Å². The van der Waals surface area contributed by atoms with Gasteiger partial charge in [-0.3, -0.25) is 30.4 Å². The maximum atomic E-state index is 14.0. The third-order valence-corrected chi connectivity index (χ3v) is 12.9. The first-order valence-corrected chi connectivity index (χ1v) is 22.4.